The average Bonchev–Trinajstić information content (AvgIpc) is 4.02. The third kappa shape index (κ3) is 10.9. The van der Waals surface area contributed by atoms with Crippen LogP contribution in [0.3, 0.4) is 0 Å². The molecule has 27 nitrogen and oxygen atoms in total. The number of carbonyl (C=O) groups excluding carboxylic acids is 1. The van der Waals surface area contributed by atoms with Crippen LogP contribution in [0.1, 0.15) is 35.1 Å². The molecule has 0 aromatic carbocycles. The van der Waals surface area contributed by atoms with E-state index in [9.17, 15) is 35.3 Å². The molecule has 5 heterocycles. The standard InChI is InChI=1S/C34H35N19O8S/c1-18-21(13-37)30(57)51(3)31(58)24(18)43-45-26-19(11-35)14-52(49-26)33-47-48-34(62-33)53-15-20(12-36)27(50-53)46-44-25-28(39-7-5-9-59-4)41-32(38-2)42-29(25)40-8-6-10-61-23(56)17-60-16-22(54)55/h14-15,58H,5-10,16-17H2,1-4H3,(H,54,55)(H3,38,39,40,41,42). The molecule has 5 rings (SSSR count). The van der Waals surface area contributed by atoms with Gasteiger partial charge in [-0.2, -0.15) is 25.8 Å². The highest BCUT2D eigenvalue weighted by atomic mass is 32.1. The lowest BCUT2D eigenvalue weighted by atomic mass is 10.1. The first-order valence-electron chi connectivity index (χ1n) is 17.9. The van der Waals surface area contributed by atoms with Crippen LogP contribution in [0.5, 0.6) is 5.88 Å². The predicted molar refractivity (Wildman–Crippen MR) is 214 cm³/mol. The van der Waals surface area contributed by atoms with E-state index in [0.717, 1.165) is 15.9 Å². The molecule has 320 valence electrons. The number of aromatic nitrogens is 9. The van der Waals surface area contributed by atoms with Crippen LogP contribution in [0.15, 0.2) is 37.6 Å². The second-order valence-corrected chi connectivity index (χ2v) is 13.2. The summed E-state index contributed by atoms with van der Waals surface area (Å²) in [6.45, 7) is 1.41. The zero-order valence-electron chi connectivity index (χ0n) is 33.2. The van der Waals surface area contributed by atoms with Crippen molar-refractivity contribution in [1.29, 1.82) is 15.8 Å². The number of nitrogens with zero attached hydrogens (tertiary/aromatic N) is 16. The first-order valence-corrected chi connectivity index (χ1v) is 18.8. The number of esters is 1. The molecule has 0 aliphatic rings. The van der Waals surface area contributed by atoms with Crippen molar-refractivity contribution in [3.8, 4) is 34.4 Å². The molecule has 0 bridgehead atoms. The lowest BCUT2D eigenvalue weighted by molar-refractivity contribution is -0.152. The Hall–Kier alpha value is -8.26. The number of carbonyl (C=O) groups is 2. The predicted octanol–water partition coefficient (Wildman–Crippen LogP) is 2.79. The fourth-order valence-corrected chi connectivity index (χ4v) is 5.70. The first-order chi connectivity index (χ1) is 29.9. The maximum atomic E-state index is 12.3. The molecule has 0 aliphatic heterocycles. The van der Waals surface area contributed by atoms with Gasteiger partial charge in [-0.3, -0.25) is 9.36 Å². The Morgan fingerprint density at radius 1 is 0.871 bits per heavy atom. The maximum absolute atomic E-state index is 12.3. The number of anilines is 3. The number of rotatable bonds is 21. The minimum atomic E-state index is -1.21. The van der Waals surface area contributed by atoms with Crippen molar-refractivity contribution in [3.05, 3.63) is 45.0 Å². The highest BCUT2D eigenvalue weighted by Gasteiger charge is 2.21. The maximum Gasteiger partial charge on any atom is 0.332 e. The summed E-state index contributed by atoms with van der Waals surface area (Å²) < 4.78 is 18.3. The lowest BCUT2D eigenvalue weighted by Crippen LogP contribution is -2.20. The van der Waals surface area contributed by atoms with Crippen LogP contribution in [-0.2, 0) is 30.8 Å². The number of aromatic hydroxyl groups is 1. The molecular formula is C34H35N19O8S. The molecule has 0 unspecified atom stereocenters. The molecule has 0 saturated carbocycles. The number of carboxylic acids is 1. The molecule has 5 aromatic rings. The van der Waals surface area contributed by atoms with Gasteiger partial charge in [0.15, 0.2) is 23.0 Å². The number of pyridine rings is 1. The van der Waals surface area contributed by atoms with Crippen LogP contribution in [0.2, 0.25) is 0 Å². The van der Waals surface area contributed by atoms with Gasteiger partial charge in [0.1, 0.15) is 48.1 Å². The second-order valence-electron chi connectivity index (χ2n) is 12.3. The van der Waals surface area contributed by atoms with E-state index in [4.69, 9.17) is 19.3 Å². The van der Waals surface area contributed by atoms with Gasteiger partial charge >= 0.3 is 11.9 Å². The van der Waals surface area contributed by atoms with Gasteiger partial charge in [0.05, 0.1) is 19.0 Å². The van der Waals surface area contributed by atoms with Gasteiger partial charge in [-0.05, 0) is 19.8 Å². The fraction of sp³-hybridized carbons (Fsp3) is 0.353. The quantitative estimate of drug-likeness (QED) is 0.0402. The second kappa shape index (κ2) is 21.1. The van der Waals surface area contributed by atoms with Crippen molar-refractivity contribution in [2.45, 2.75) is 19.8 Å². The number of carboxylic acid groups (broad SMARTS) is 1. The van der Waals surface area contributed by atoms with Crippen molar-refractivity contribution in [2.24, 2.45) is 27.5 Å². The molecule has 28 heteroatoms. The molecule has 0 radical (unpaired) electrons. The number of methoxy groups -OCH3 is 1. The Morgan fingerprint density at radius 3 is 1.95 bits per heavy atom. The normalized spacial score (nSPS) is 11.0. The highest BCUT2D eigenvalue weighted by molar-refractivity contribution is 7.16. The Bertz CT molecular complexity index is 2700. The summed E-state index contributed by atoms with van der Waals surface area (Å²) in [5.41, 5.74) is -0.884. The number of hydrogen-bond donors (Lipinski definition) is 5. The smallest absolute Gasteiger partial charge is 0.332 e. The number of nitriles is 3. The van der Waals surface area contributed by atoms with E-state index in [1.165, 1.54) is 35.7 Å². The molecule has 0 spiro atoms. The van der Waals surface area contributed by atoms with Crippen molar-refractivity contribution >= 4 is 63.9 Å². The molecule has 5 aromatic heterocycles. The first kappa shape index (κ1) is 44.8. The molecule has 5 N–H and O–H groups in total. The van der Waals surface area contributed by atoms with Gasteiger partial charge in [0.25, 0.3) is 5.56 Å². The molecule has 0 fully saturated rings. The third-order valence-electron chi connectivity index (χ3n) is 8.05. The summed E-state index contributed by atoms with van der Waals surface area (Å²) >= 11 is 0.970. The van der Waals surface area contributed by atoms with Crippen LogP contribution >= 0.6 is 11.3 Å². The van der Waals surface area contributed by atoms with E-state index in [1.807, 2.05) is 12.1 Å². The van der Waals surface area contributed by atoms with Gasteiger partial charge in [0, 0.05) is 46.5 Å². The van der Waals surface area contributed by atoms with E-state index in [2.05, 4.69) is 66.8 Å². The lowest BCUT2D eigenvalue weighted by Gasteiger charge is -2.14. The molecule has 0 aliphatic carbocycles. The van der Waals surface area contributed by atoms with Crippen molar-refractivity contribution in [3.63, 3.8) is 0 Å². The van der Waals surface area contributed by atoms with Gasteiger partial charge in [-0.25, -0.2) is 19.0 Å². The van der Waals surface area contributed by atoms with E-state index < -0.39 is 36.6 Å². The minimum absolute atomic E-state index is 0.0119. The number of ether oxygens (including phenoxy) is 3. The summed E-state index contributed by atoms with van der Waals surface area (Å²) in [5.74, 6) is -2.00. The van der Waals surface area contributed by atoms with E-state index in [0.29, 0.717) is 26.0 Å². The van der Waals surface area contributed by atoms with E-state index >= 15 is 0 Å². The Morgan fingerprint density at radius 2 is 1.44 bits per heavy atom. The summed E-state index contributed by atoms with van der Waals surface area (Å²) in [7, 11) is 4.47. The Labute approximate surface area is 353 Å². The molecule has 0 saturated heterocycles. The van der Waals surface area contributed by atoms with Gasteiger partial charge < -0.3 is 40.4 Å². The molecular weight excluding hydrogens is 835 g/mol. The van der Waals surface area contributed by atoms with Crippen LogP contribution in [0, 0.1) is 40.9 Å². The van der Waals surface area contributed by atoms with Gasteiger partial charge in [0.2, 0.25) is 33.7 Å². The van der Waals surface area contributed by atoms with Crippen LogP contribution < -0.4 is 21.5 Å². The van der Waals surface area contributed by atoms with E-state index in [1.54, 1.807) is 20.2 Å². The molecule has 62 heavy (non-hydrogen) atoms. The largest absolute Gasteiger partial charge is 0.493 e. The van der Waals surface area contributed by atoms with Crippen molar-refractivity contribution < 1.29 is 34.0 Å². The molecule has 0 amide bonds. The zero-order valence-corrected chi connectivity index (χ0v) is 34.0. The summed E-state index contributed by atoms with van der Waals surface area (Å²) in [4.78, 5) is 43.7. The van der Waals surface area contributed by atoms with Crippen LogP contribution in [0.25, 0.3) is 10.3 Å². The molecule has 0 atom stereocenters. The minimum Gasteiger partial charge on any atom is -0.493 e. The number of hydrogen-bond acceptors (Lipinski definition) is 24. The summed E-state index contributed by atoms with van der Waals surface area (Å²) in [5, 5.41) is 91.4. The van der Waals surface area contributed by atoms with Crippen LogP contribution in [-0.4, -0.2) is 120 Å². The van der Waals surface area contributed by atoms with Gasteiger partial charge in [-0.1, -0.05) is 11.3 Å². The van der Waals surface area contributed by atoms with Crippen molar-refractivity contribution in [1.82, 2.24) is 44.3 Å². The average molecular weight is 870 g/mol. The van der Waals surface area contributed by atoms with Gasteiger partial charge in [-0.15, -0.1) is 40.9 Å². The Kier molecular flexibility index (Phi) is 15.3. The summed E-state index contributed by atoms with van der Waals surface area (Å²) in [6.07, 6.45) is 3.61. The SMILES string of the molecule is CNc1nc(NCCCOC)c(N=Nc2nn(-c3nnc(-n4cc(C#N)c(N=Nc5c(C)c(C#N)c(=O)n(C)c5O)n4)s3)cc2C#N)c(NCCCOC(=O)COCC(=O)O)n1. The van der Waals surface area contributed by atoms with E-state index in [-0.39, 0.29) is 86.3 Å². The topological polar surface area (TPSA) is 368 Å². The third-order valence-corrected chi connectivity index (χ3v) is 8.96. The van der Waals surface area contributed by atoms with Crippen LogP contribution in [0.4, 0.5) is 40.6 Å². The summed E-state index contributed by atoms with van der Waals surface area (Å²) in [6, 6.07) is 5.76. The number of aliphatic carboxylic acids is 1. The fourth-order valence-electron chi connectivity index (χ4n) is 5.00. The van der Waals surface area contributed by atoms with Crippen molar-refractivity contribution in [2.75, 3.05) is 69.6 Å². The number of azo groups is 2. The zero-order chi connectivity index (χ0) is 44.8. The highest BCUT2D eigenvalue weighted by Crippen LogP contribution is 2.35. The Balaban J connectivity index is 1.38. The number of nitrogens with one attached hydrogen (secondary N) is 3. The monoisotopic (exact) mass is 869 g/mol.